The third-order valence-electron chi connectivity index (χ3n) is 4.75. The van der Waals surface area contributed by atoms with Crippen molar-refractivity contribution in [3.8, 4) is 11.5 Å². The third-order valence-corrected chi connectivity index (χ3v) is 6.14. The van der Waals surface area contributed by atoms with Gasteiger partial charge in [0.15, 0.2) is 11.5 Å². The van der Waals surface area contributed by atoms with Gasteiger partial charge in [0.2, 0.25) is 11.8 Å². The van der Waals surface area contributed by atoms with Gasteiger partial charge in [0.25, 0.3) is 0 Å². The first-order valence-corrected chi connectivity index (χ1v) is 12.4. The molecule has 7 nitrogen and oxygen atoms in total. The maximum absolute atomic E-state index is 12.9. The highest BCUT2D eigenvalue weighted by Crippen LogP contribution is 2.35. The molecule has 0 saturated carbocycles. The number of methoxy groups -OCH3 is 1. The Morgan fingerprint density at radius 2 is 1.78 bits per heavy atom. The number of rotatable bonds is 10. The van der Waals surface area contributed by atoms with Crippen LogP contribution in [0.3, 0.4) is 0 Å². The van der Waals surface area contributed by atoms with Crippen LogP contribution in [-0.2, 0) is 16.2 Å². The van der Waals surface area contributed by atoms with Crippen LogP contribution >= 0.6 is 45.8 Å². The van der Waals surface area contributed by atoms with Crippen molar-refractivity contribution in [2.24, 2.45) is 5.10 Å². The minimum absolute atomic E-state index is 0.0475. The molecule has 0 aliphatic heterocycles. The highest BCUT2D eigenvalue weighted by Gasteiger charge is 2.13. The molecule has 0 heterocycles. The van der Waals surface area contributed by atoms with Gasteiger partial charge in [-0.2, -0.15) is 5.10 Å². The molecule has 0 saturated heterocycles. The zero-order valence-electron chi connectivity index (χ0n) is 19.0. The number of ether oxygens (including phenoxy) is 2. The molecule has 2 N–H and O–H groups in total. The van der Waals surface area contributed by atoms with E-state index < -0.39 is 11.7 Å². The number of carbonyl (C=O) groups excluding carboxylic acids is 2. The van der Waals surface area contributed by atoms with E-state index in [-0.39, 0.29) is 25.4 Å². The van der Waals surface area contributed by atoms with Gasteiger partial charge in [0, 0.05) is 34.1 Å². The predicted octanol–water partition coefficient (Wildman–Crippen LogP) is 6.19. The molecule has 11 heteroatoms. The van der Waals surface area contributed by atoms with Gasteiger partial charge in [-0.25, -0.2) is 9.82 Å². The molecule has 0 atom stereocenters. The monoisotopic (exact) mass is 643 g/mol. The van der Waals surface area contributed by atoms with Crippen LogP contribution in [0.25, 0.3) is 0 Å². The highest BCUT2D eigenvalue weighted by molar-refractivity contribution is 14.1. The van der Waals surface area contributed by atoms with Crippen LogP contribution in [0.15, 0.2) is 59.7 Å². The Morgan fingerprint density at radius 1 is 1.06 bits per heavy atom. The molecular weight excluding hydrogens is 623 g/mol. The van der Waals surface area contributed by atoms with Crippen molar-refractivity contribution in [3.63, 3.8) is 0 Å². The lowest BCUT2D eigenvalue weighted by Gasteiger charge is -2.14. The second-order valence-electron chi connectivity index (χ2n) is 7.41. The summed E-state index contributed by atoms with van der Waals surface area (Å²) in [7, 11) is 1.52. The van der Waals surface area contributed by atoms with Crippen LogP contribution in [-0.4, -0.2) is 25.1 Å². The van der Waals surface area contributed by atoms with Crippen LogP contribution in [0, 0.1) is 9.39 Å². The number of nitrogens with one attached hydrogen (secondary N) is 2. The van der Waals surface area contributed by atoms with Gasteiger partial charge in [-0.1, -0.05) is 29.3 Å². The number of benzene rings is 3. The first-order valence-electron chi connectivity index (χ1n) is 10.6. The number of nitrogens with zero attached hydrogens (tertiary/aromatic N) is 1. The molecule has 3 aromatic rings. The van der Waals surface area contributed by atoms with Crippen molar-refractivity contribution in [3.05, 3.63) is 85.2 Å². The Kier molecular flexibility index (Phi) is 10.3. The van der Waals surface area contributed by atoms with Gasteiger partial charge in [0.1, 0.15) is 12.4 Å². The molecule has 3 rings (SSSR count). The summed E-state index contributed by atoms with van der Waals surface area (Å²) >= 11 is 14.3. The van der Waals surface area contributed by atoms with Crippen molar-refractivity contribution >= 4 is 69.5 Å². The molecule has 0 radical (unpaired) electrons. The molecule has 188 valence electrons. The number of amides is 2. The first kappa shape index (κ1) is 27.7. The van der Waals surface area contributed by atoms with E-state index in [1.54, 1.807) is 24.3 Å². The summed E-state index contributed by atoms with van der Waals surface area (Å²) in [5.41, 5.74) is 4.28. The SMILES string of the molecule is COc1cc(C=NNC(=O)CCC(=O)Nc2ccc(F)cc2)cc(I)c1OCc1ccc(Cl)cc1Cl. The van der Waals surface area contributed by atoms with Gasteiger partial charge >= 0.3 is 0 Å². The van der Waals surface area contributed by atoms with Crippen molar-refractivity contribution in [2.75, 3.05) is 12.4 Å². The second kappa shape index (κ2) is 13.4. The van der Waals surface area contributed by atoms with Crippen LogP contribution in [0.1, 0.15) is 24.0 Å². The maximum atomic E-state index is 12.9. The number of hydrogen-bond donors (Lipinski definition) is 2. The summed E-state index contributed by atoms with van der Waals surface area (Å²) in [6, 6.07) is 14.1. The van der Waals surface area contributed by atoms with E-state index in [2.05, 4.69) is 38.4 Å². The minimum Gasteiger partial charge on any atom is -0.493 e. The highest BCUT2D eigenvalue weighted by atomic mass is 127. The van der Waals surface area contributed by atoms with Crippen LogP contribution in [0.5, 0.6) is 11.5 Å². The summed E-state index contributed by atoms with van der Waals surface area (Å²) in [6.45, 7) is 0.223. The lowest BCUT2D eigenvalue weighted by molar-refractivity contribution is -0.124. The number of hydrogen-bond acceptors (Lipinski definition) is 5. The Labute approximate surface area is 231 Å². The largest absolute Gasteiger partial charge is 0.493 e. The Bertz CT molecular complexity index is 1270. The number of hydrazone groups is 1. The van der Waals surface area contributed by atoms with E-state index in [4.69, 9.17) is 32.7 Å². The second-order valence-corrected chi connectivity index (χ2v) is 9.41. The van der Waals surface area contributed by atoms with Gasteiger partial charge in [-0.05, 0) is 76.7 Å². The molecule has 0 aliphatic carbocycles. The standard InChI is InChI=1S/C25H21Cl2FIN3O4/c1-35-22-11-15(10-21(29)25(22)36-14-16-2-3-17(26)12-20(16)27)13-30-32-24(34)9-8-23(33)31-19-6-4-18(28)5-7-19/h2-7,10-13H,8-9,14H2,1H3,(H,31,33)(H,32,34). The third kappa shape index (κ3) is 8.35. The summed E-state index contributed by atoms with van der Waals surface area (Å²) in [6.07, 6.45) is 1.35. The quantitative estimate of drug-likeness (QED) is 0.157. The molecule has 0 unspecified atom stereocenters. The van der Waals surface area contributed by atoms with E-state index in [0.717, 1.165) is 9.13 Å². The molecule has 36 heavy (non-hydrogen) atoms. The van der Waals surface area contributed by atoms with Gasteiger partial charge < -0.3 is 14.8 Å². The zero-order valence-corrected chi connectivity index (χ0v) is 22.7. The molecule has 2 amide bonds. The fourth-order valence-corrected chi connectivity index (χ4v) is 4.21. The Balaban J connectivity index is 1.52. The smallest absolute Gasteiger partial charge is 0.240 e. The summed E-state index contributed by atoms with van der Waals surface area (Å²) < 4.78 is 25.1. The van der Waals surface area contributed by atoms with E-state index in [1.807, 2.05) is 6.07 Å². The molecular formula is C25H21Cl2FIN3O4. The van der Waals surface area contributed by atoms with E-state index in [9.17, 15) is 14.0 Å². The van der Waals surface area contributed by atoms with Crippen molar-refractivity contribution in [1.29, 1.82) is 0 Å². The summed E-state index contributed by atoms with van der Waals surface area (Å²) in [5, 5.41) is 7.58. The molecule has 0 bridgehead atoms. The zero-order chi connectivity index (χ0) is 26.1. The molecule has 0 aliphatic rings. The van der Waals surface area contributed by atoms with E-state index in [1.165, 1.54) is 37.6 Å². The van der Waals surface area contributed by atoms with Gasteiger partial charge in [0.05, 0.1) is 16.9 Å². The molecule has 0 fully saturated rings. The minimum atomic E-state index is -0.429. The van der Waals surface area contributed by atoms with Gasteiger partial charge in [-0.3, -0.25) is 9.59 Å². The maximum Gasteiger partial charge on any atom is 0.240 e. The summed E-state index contributed by atoms with van der Waals surface area (Å²) in [5.74, 6) is -0.172. The molecule has 0 aromatic heterocycles. The normalized spacial score (nSPS) is 10.8. The fraction of sp³-hybridized carbons (Fsp3) is 0.160. The van der Waals surface area contributed by atoms with Gasteiger partial charge in [-0.15, -0.1) is 0 Å². The summed E-state index contributed by atoms with van der Waals surface area (Å²) in [4.78, 5) is 24.0. The number of halogens is 4. The van der Waals surface area contributed by atoms with Crippen molar-refractivity contribution in [2.45, 2.75) is 19.4 Å². The molecule has 0 spiro atoms. The van der Waals surface area contributed by atoms with Crippen LogP contribution < -0.4 is 20.2 Å². The molecule has 3 aromatic carbocycles. The first-order chi connectivity index (χ1) is 17.2. The van der Waals surface area contributed by atoms with Crippen LogP contribution in [0.2, 0.25) is 10.0 Å². The Morgan fingerprint density at radius 3 is 2.47 bits per heavy atom. The number of anilines is 1. The average molecular weight is 644 g/mol. The van der Waals surface area contributed by atoms with Crippen LogP contribution in [0.4, 0.5) is 10.1 Å². The predicted molar refractivity (Wildman–Crippen MR) is 147 cm³/mol. The lowest BCUT2D eigenvalue weighted by Crippen LogP contribution is -2.20. The average Bonchev–Trinajstić information content (AvgIpc) is 2.84. The van der Waals surface area contributed by atoms with Crippen molar-refractivity contribution < 1.29 is 23.5 Å². The fourth-order valence-electron chi connectivity index (χ4n) is 2.96. The van der Waals surface area contributed by atoms with E-state index in [0.29, 0.717) is 32.8 Å². The topological polar surface area (TPSA) is 89.0 Å². The van der Waals surface area contributed by atoms with E-state index >= 15 is 0 Å². The van der Waals surface area contributed by atoms with Crippen molar-refractivity contribution in [1.82, 2.24) is 5.43 Å². The Hall–Kier alpha value is -2.89. The number of carbonyl (C=O) groups is 2. The lowest BCUT2D eigenvalue weighted by atomic mass is 10.2.